The van der Waals surface area contributed by atoms with Crippen molar-refractivity contribution in [2.75, 3.05) is 0 Å². The fourth-order valence-corrected chi connectivity index (χ4v) is 1.49. The third-order valence-corrected chi connectivity index (χ3v) is 2.82. The molecule has 0 aromatic carbocycles. The second-order valence-electron chi connectivity index (χ2n) is 4.29. The number of aliphatic hydroxyl groups excluding tert-OH is 2. The van der Waals surface area contributed by atoms with Crippen LogP contribution in [0.2, 0.25) is 0 Å². The minimum absolute atomic E-state index is 0.306. The number of aliphatic hydroxyl groups is 3. The molecule has 0 fully saturated rings. The van der Waals surface area contributed by atoms with E-state index in [0.29, 0.717) is 12.3 Å². The highest BCUT2D eigenvalue weighted by Gasteiger charge is 2.40. The molecule has 0 spiro atoms. The quantitative estimate of drug-likeness (QED) is 0.521. The standard InChI is InChI=1S/C10H18O3/c1-6(2)7-4-8(11)10(3,13)9(12)5-7/h4,6,8-9,11-13H,5H2,1-3H3/t8-,9+,10+/m0/s1. The predicted molar refractivity (Wildman–Crippen MR) is 50.2 cm³/mol. The maximum absolute atomic E-state index is 9.67. The molecule has 1 rings (SSSR count). The number of rotatable bonds is 1. The molecule has 0 amide bonds. The number of hydrogen-bond donors (Lipinski definition) is 3. The van der Waals surface area contributed by atoms with Crippen LogP contribution in [0.3, 0.4) is 0 Å². The Labute approximate surface area is 78.7 Å². The van der Waals surface area contributed by atoms with E-state index in [4.69, 9.17) is 0 Å². The van der Waals surface area contributed by atoms with Crippen LogP contribution in [0.25, 0.3) is 0 Å². The Morgan fingerprint density at radius 1 is 1.46 bits per heavy atom. The van der Waals surface area contributed by atoms with Gasteiger partial charge in [0.2, 0.25) is 0 Å². The normalized spacial score (nSPS) is 40.7. The molecule has 0 saturated carbocycles. The van der Waals surface area contributed by atoms with E-state index < -0.39 is 17.8 Å². The summed E-state index contributed by atoms with van der Waals surface area (Å²) < 4.78 is 0. The Balaban J connectivity index is 2.88. The molecule has 0 bridgehead atoms. The predicted octanol–water partition coefficient (Wildman–Crippen LogP) is 0.445. The van der Waals surface area contributed by atoms with Crippen LogP contribution in [0.4, 0.5) is 0 Å². The fourth-order valence-electron chi connectivity index (χ4n) is 1.49. The van der Waals surface area contributed by atoms with Crippen molar-refractivity contribution >= 4 is 0 Å². The van der Waals surface area contributed by atoms with Crippen molar-refractivity contribution in [1.29, 1.82) is 0 Å². The molecule has 0 aliphatic heterocycles. The average molecular weight is 186 g/mol. The number of hydrogen-bond acceptors (Lipinski definition) is 3. The Morgan fingerprint density at radius 2 is 2.00 bits per heavy atom. The maximum atomic E-state index is 9.67. The highest BCUT2D eigenvalue weighted by Crippen LogP contribution is 2.31. The zero-order valence-corrected chi connectivity index (χ0v) is 8.36. The van der Waals surface area contributed by atoms with Gasteiger partial charge >= 0.3 is 0 Å². The molecule has 3 heteroatoms. The van der Waals surface area contributed by atoms with E-state index in [9.17, 15) is 15.3 Å². The summed E-state index contributed by atoms with van der Waals surface area (Å²) in [4.78, 5) is 0. The van der Waals surface area contributed by atoms with Crippen LogP contribution in [0.15, 0.2) is 11.6 Å². The summed E-state index contributed by atoms with van der Waals surface area (Å²) in [6.45, 7) is 5.46. The maximum Gasteiger partial charge on any atom is 0.117 e. The molecule has 0 radical (unpaired) electrons. The molecule has 0 aromatic rings. The Morgan fingerprint density at radius 3 is 2.38 bits per heavy atom. The zero-order chi connectivity index (χ0) is 10.2. The van der Waals surface area contributed by atoms with E-state index >= 15 is 0 Å². The lowest BCUT2D eigenvalue weighted by molar-refractivity contribution is -0.124. The molecule has 0 aromatic heterocycles. The first-order chi connectivity index (χ1) is 5.85. The van der Waals surface area contributed by atoms with Gasteiger partial charge in [-0.05, 0) is 19.3 Å². The van der Waals surface area contributed by atoms with Crippen LogP contribution in [0, 0.1) is 5.92 Å². The largest absolute Gasteiger partial charge is 0.390 e. The van der Waals surface area contributed by atoms with Crippen molar-refractivity contribution in [3.8, 4) is 0 Å². The van der Waals surface area contributed by atoms with Gasteiger partial charge in [-0.3, -0.25) is 0 Å². The Hall–Kier alpha value is -0.380. The van der Waals surface area contributed by atoms with Crippen molar-refractivity contribution in [2.24, 2.45) is 5.92 Å². The molecule has 76 valence electrons. The fraction of sp³-hybridized carbons (Fsp3) is 0.800. The summed E-state index contributed by atoms with van der Waals surface area (Å²) in [6, 6.07) is 0. The summed E-state index contributed by atoms with van der Waals surface area (Å²) in [7, 11) is 0. The van der Waals surface area contributed by atoms with Crippen molar-refractivity contribution in [2.45, 2.75) is 45.0 Å². The topological polar surface area (TPSA) is 60.7 Å². The molecule has 0 saturated heterocycles. The lowest BCUT2D eigenvalue weighted by Gasteiger charge is -2.37. The van der Waals surface area contributed by atoms with Crippen LogP contribution in [0.1, 0.15) is 27.2 Å². The second kappa shape index (κ2) is 3.40. The van der Waals surface area contributed by atoms with Crippen LogP contribution < -0.4 is 0 Å². The molecule has 0 unspecified atom stereocenters. The molecule has 0 heterocycles. The van der Waals surface area contributed by atoms with E-state index in [1.54, 1.807) is 6.08 Å². The van der Waals surface area contributed by atoms with E-state index in [-0.39, 0.29) is 0 Å². The summed E-state index contributed by atoms with van der Waals surface area (Å²) in [5.74, 6) is 0.306. The van der Waals surface area contributed by atoms with Crippen LogP contribution in [-0.2, 0) is 0 Å². The van der Waals surface area contributed by atoms with Gasteiger partial charge in [-0.1, -0.05) is 25.5 Å². The zero-order valence-electron chi connectivity index (χ0n) is 8.36. The van der Waals surface area contributed by atoms with Gasteiger partial charge < -0.3 is 15.3 Å². The van der Waals surface area contributed by atoms with E-state index in [1.165, 1.54) is 6.92 Å². The van der Waals surface area contributed by atoms with Gasteiger partial charge in [0.15, 0.2) is 0 Å². The minimum Gasteiger partial charge on any atom is -0.390 e. The van der Waals surface area contributed by atoms with Crippen molar-refractivity contribution in [3.63, 3.8) is 0 Å². The lowest BCUT2D eigenvalue weighted by Crippen LogP contribution is -2.51. The highest BCUT2D eigenvalue weighted by atomic mass is 16.4. The Kier molecular flexibility index (Phi) is 2.80. The lowest BCUT2D eigenvalue weighted by atomic mass is 9.79. The van der Waals surface area contributed by atoms with Gasteiger partial charge in [-0.25, -0.2) is 0 Å². The first kappa shape index (κ1) is 10.7. The molecule has 13 heavy (non-hydrogen) atoms. The van der Waals surface area contributed by atoms with Crippen molar-refractivity contribution in [3.05, 3.63) is 11.6 Å². The minimum atomic E-state index is -1.40. The first-order valence-electron chi connectivity index (χ1n) is 4.64. The summed E-state index contributed by atoms with van der Waals surface area (Å²) in [5.41, 5.74) is -0.398. The van der Waals surface area contributed by atoms with Gasteiger partial charge in [0.1, 0.15) is 11.7 Å². The van der Waals surface area contributed by atoms with Gasteiger partial charge in [0.25, 0.3) is 0 Å². The Bertz CT molecular complexity index is 218. The smallest absolute Gasteiger partial charge is 0.117 e. The molecule has 1 aliphatic rings. The summed E-state index contributed by atoms with van der Waals surface area (Å²) >= 11 is 0. The van der Waals surface area contributed by atoms with Crippen LogP contribution in [0.5, 0.6) is 0 Å². The molecular formula is C10H18O3. The van der Waals surface area contributed by atoms with E-state index in [0.717, 1.165) is 5.57 Å². The van der Waals surface area contributed by atoms with E-state index in [1.807, 2.05) is 13.8 Å². The van der Waals surface area contributed by atoms with Crippen LogP contribution >= 0.6 is 0 Å². The molecule has 3 N–H and O–H groups in total. The first-order valence-corrected chi connectivity index (χ1v) is 4.64. The van der Waals surface area contributed by atoms with E-state index in [2.05, 4.69) is 0 Å². The molecule has 3 atom stereocenters. The van der Waals surface area contributed by atoms with Gasteiger partial charge in [-0.15, -0.1) is 0 Å². The molecular weight excluding hydrogens is 168 g/mol. The van der Waals surface area contributed by atoms with Crippen molar-refractivity contribution < 1.29 is 15.3 Å². The highest BCUT2D eigenvalue weighted by molar-refractivity contribution is 5.19. The second-order valence-corrected chi connectivity index (χ2v) is 4.29. The SMILES string of the molecule is CC(C)C1=C[C@H](O)[C@@](C)(O)[C@H](O)C1. The average Bonchev–Trinajstić information content (AvgIpc) is 2.00. The van der Waals surface area contributed by atoms with Crippen LogP contribution in [-0.4, -0.2) is 33.1 Å². The summed E-state index contributed by atoms with van der Waals surface area (Å²) in [5, 5.41) is 28.8. The third-order valence-electron chi connectivity index (χ3n) is 2.82. The van der Waals surface area contributed by atoms with Crippen molar-refractivity contribution in [1.82, 2.24) is 0 Å². The molecule has 3 nitrogen and oxygen atoms in total. The summed E-state index contributed by atoms with van der Waals surface area (Å²) in [6.07, 6.45) is 0.262. The molecule has 1 aliphatic carbocycles. The van der Waals surface area contributed by atoms with Gasteiger partial charge in [-0.2, -0.15) is 0 Å². The third kappa shape index (κ3) is 1.93. The van der Waals surface area contributed by atoms with Gasteiger partial charge in [0, 0.05) is 0 Å². The monoisotopic (exact) mass is 186 g/mol. The van der Waals surface area contributed by atoms with Gasteiger partial charge in [0.05, 0.1) is 6.10 Å².